The van der Waals surface area contributed by atoms with Crippen LogP contribution < -0.4 is 0 Å². The molecule has 0 aliphatic rings. The van der Waals surface area contributed by atoms with E-state index in [0.717, 1.165) is 28.7 Å². The summed E-state index contributed by atoms with van der Waals surface area (Å²) in [6.45, 7) is 9.95. The number of hydrogen-bond donors (Lipinski definition) is 2. The number of benzene rings is 2. The maximum atomic E-state index is 9.84. The van der Waals surface area contributed by atoms with Crippen LogP contribution in [0.3, 0.4) is 0 Å². The van der Waals surface area contributed by atoms with Gasteiger partial charge in [-0.05, 0) is 73.7 Å². The molecule has 0 heterocycles. The zero-order valence-electron chi connectivity index (χ0n) is 12.3. The number of phenolic OH excluding ortho intramolecular Hbond substituents is 2. The highest BCUT2D eigenvalue weighted by molar-refractivity contribution is 5.45. The van der Waals surface area contributed by atoms with Crippen molar-refractivity contribution in [3.63, 3.8) is 0 Å². The summed E-state index contributed by atoms with van der Waals surface area (Å²) in [5.74, 6) is 0.661. The van der Waals surface area contributed by atoms with Crippen LogP contribution in [0.2, 0.25) is 0 Å². The Labute approximate surface area is 120 Å². The van der Waals surface area contributed by atoms with E-state index in [2.05, 4.69) is 6.92 Å². The maximum Gasteiger partial charge on any atom is 0.123 e. The lowest BCUT2D eigenvalue weighted by Crippen LogP contribution is -1.98. The van der Waals surface area contributed by atoms with Crippen LogP contribution in [0.25, 0.3) is 0 Å². The van der Waals surface area contributed by atoms with E-state index in [4.69, 9.17) is 0 Å². The molecular formula is C18H21O2+. The summed E-state index contributed by atoms with van der Waals surface area (Å²) in [6.07, 6.45) is 0.790. The third kappa shape index (κ3) is 2.90. The highest BCUT2D eigenvalue weighted by atomic mass is 16.3. The summed E-state index contributed by atoms with van der Waals surface area (Å²) < 4.78 is 0. The Hall–Kier alpha value is -2.09. The number of hydrogen-bond acceptors (Lipinski definition) is 2. The van der Waals surface area contributed by atoms with Crippen LogP contribution in [0.4, 0.5) is 0 Å². The van der Waals surface area contributed by atoms with Crippen molar-refractivity contribution < 1.29 is 10.2 Å². The molecule has 0 bridgehead atoms. The van der Waals surface area contributed by atoms with Crippen molar-refractivity contribution >= 4 is 0 Å². The molecule has 0 spiro atoms. The van der Waals surface area contributed by atoms with E-state index in [1.165, 1.54) is 5.56 Å². The second kappa shape index (κ2) is 5.49. The fourth-order valence-electron chi connectivity index (χ4n) is 2.56. The first-order chi connectivity index (χ1) is 9.38. The molecule has 0 amide bonds. The highest BCUT2D eigenvalue weighted by Crippen LogP contribution is 2.29. The van der Waals surface area contributed by atoms with Gasteiger partial charge in [-0.1, -0.05) is 6.07 Å². The summed E-state index contributed by atoms with van der Waals surface area (Å²) in [7, 11) is 0. The van der Waals surface area contributed by atoms with Gasteiger partial charge in [0.15, 0.2) is 0 Å². The second-order valence-electron chi connectivity index (χ2n) is 5.53. The summed E-state index contributed by atoms with van der Waals surface area (Å²) in [4.78, 5) is 0. The van der Waals surface area contributed by atoms with Crippen molar-refractivity contribution in [3.8, 4) is 11.5 Å². The van der Waals surface area contributed by atoms with Gasteiger partial charge in [-0.25, -0.2) is 0 Å². The Bertz CT molecular complexity index is 604. The van der Waals surface area contributed by atoms with E-state index < -0.39 is 0 Å². The predicted molar refractivity (Wildman–Crippen MR) is 82.3 cm³/mol. The molecule has 0 aliphatic heterocycles. The van der Waals surface area contributed by atoms with Crippen molar-refractivity contribution in [2.45, 2.75) is 33.1 Å². The second-order valence-corrected chi connectivity index (χ2v) is 5.53. The van der Waals surface area contributed by atoms with E-state index in [1.54, 1.807) is 18.2 Å². The van der Waals surface area contributed by atoms with E-state index in [1.807, 2.05) is 32.9 Å². The lowest BCUT2D eigenvalue weighted by atomic mass is 9.93. The summed E-state index contributed by atoms with van der Waals surface area (Å²) >= 11 is 0. The maximum absolute atomic E-state index is 9.84. The standard InChI is InChI=1S/C18H20O2/c1-11(2)16-9-14(5-6-18(16)20)10-17-12(3)7-15(19)8-13(17)4/h5-9,11H,1,10H2,2-4H3,(H-,19,20)/p+1. The van der Waals surface area contributed by atoms with Gasteiger partial charge in [0.1, 0.15) is 17.4 Å². The summed E-state index contributed by atoms with van der Waals surface area (Å²) in [6, 6.07) is 9.25. The van der Waals surface area contributed by atoms with E-state index in [0.29, 0.717) is 11.5 Å². The Morgan fingerprint density at radius 3 is 2.20 bits per heavy atom. The fourth-order valence-corrected chi connectivity index (χ4v) is 2.56. The quantitative estimate of drug-likeness (QED) is 0.818. The van der Waals surface area contributed by atoms with Crippen molar-refractivity contribution in [1.82, 2.24) is 0 Å². The molecule has 0 fully saturated rings. The van der Waals surface area contributed by atoms with Crippen molar-refractivity contribution in [2.75, 3.05) is 0 Å². The molecule has 2 aromatic carbocycles. The van der Waals surface area contributed by atoms with Crippen LogP contribution in [0, 0.1) is 20.8 Å². The topological polar surface area (TPSA) is 40.5 Å². The molecule has 0 radical (unpaired) electrons. The van der Waals surface area contributed by atoms with Crippen LogP contribution in [0.1, 0.15) is 40.7 Å². The van der Waals surface area contributed by atoms with Gasteiger partial charge in [0.25, 0.3) is 0 Å². The molecule has 0 saturated heterocycles. The number of aryl methyl sites for hydroxylation is 2. The summed E-state index contributed by atoms with van der Waals surface area (Å²) in [5, 5.41) is 19.4. The van der Waals surface area contributed by atoms with Crippen molar-refractivity contribution in [2.24, 2.45) is 0 Å². The normalized spacial score (nSPS) is 12.3. The van der Waals surface area contributed by atoms with Gasteiger partial charge in [0, 0.05) is 5.56 Å². The van der Waals surface area contributed by atoms with E-state index in [9.17, 15) is 10.2 Å². The third-order valence-electron chi connectivity index (χ3n) is 3.68. The average molecular weight is 269 g/mol. The molecular weight excluding hydrogens is 248 g/mol. The van der Waals surface area contributed by atoms with Crippen LogP contribution >= 0.6 is 0 Å². The number of phenols is 2. The van der Waals surface area contributed by atoms with Gasteiger partial charge >= 0.3 is 0 Å². The lowest BCUT2D eigenvalue weighted by Gasteiger charge is -2.12. The van der Waals surface area contributed by atoms with Crippen LogP contribution in [0.15, 0.2) is 30.3 Å². The lowest BCUT2D eigenvalue weighted by molar-refractivity contribution is 0.466. The molecule has 104 valence electrons. The van der Waals surface area contributed by atoms with Crippen LogP contribution in [-0.2, 0) is 6.42 Å². The first kappa shape index (κ1) is 14.3. The Kier molecular flexibility index (Phi) is 3.93. The molecule has 2 rings (SSSR count). The Balaban J connectivity index is 2.38. The van der Waals surface area contributed by atoms with Gasteiger partial charge in [0.2, 0.25) is 0 Å². The summed E-state index contributed by atoms with van der Waals surface area (Å²) in [5.41, 5.74) is 5.40. The Morgan fingerprint density at radius 2 is 1.65 bits per heavy atom. The van der Waals surface area contributed by atoms with Gasteiger partial charge in [-0.2, -0.15) is 0 Å². The number of aromatic hydroxyl groups is 2. The molecule has 2 nitrogen and oxygen atoms in total. The first-order valence-corrected chi connectivity index (χ1v) is 6.82. The fraction of sp³-hybridized carbons (Fsp3) is 0.278. The molecule has 0 aromatic heterocycles. The van der Waals surface area contributed by atoms with E-state index in [-0.39, 0.29) is 5.92 Å². The minimum Gasteiger partial charge on any atom is -0.508 e. The zero-order valence-corrected chi connectivity index (χ0v) is 12.3. The molecule has 20 heavy (non-hydrogen) atoms. The molecule has 0 aliphatic carbocycles. The molecule has 1 atom stereocenters. The largest absolute Gasteiger partial charge is 0.508 e. The predicted octanol–water partition coefficient (Wildman–Crippen LogP) is 4.24. The highest BCUT2D eigenvalue weighted by Gasteiger charge is 2.13. The first-order valence-electron chi connectivity index (χ1n) is 6.82. The smallest absolute Gasteiger partial charge is 0.123 e. The molecule has 1 unspecified atom stereocenters. The number of rotatable bonds is 3. The molecule has 0 saturated carbocycles. The van der Waals surface area contributed by atoms with Crippen LogP contribution in [0.5, 0.6) is 11.5 Å². The van der Waals surface area contributed by atoms with Crippen LogP contribution in [-0.4, -0.2) is 10.2 Å². The van der Waals surface area contributed by atoms with Gasteiger partial charge < -0.3 is 10.2 Å². The van der Waals surface area contributed by atoms with Crippen molar-refractivity contribution in [1.29, 1.82) is 0 Å². The zero-order chi connectivity index (χ0) is 14.9. The molecule has 2 N–H and O–H groups in total. The minimum absolute atomic E-state index is 0.0527. The van der Waals surface area contributed by atoms with Crippen molar-refractivity contribution in [3.05, 3.63) is 65.1 Å². The monoisotopic (exact) mass is 269 g/mol. The van der Waals surface area contributed by atoms with Gasteiger partial charge in [-0.15, -0.1) is 0 Å². The van der Waals surface area contributed by atoms with Gasteiger partial charge in [0.05, 0.1) is 6.92 Å². The Morgan fingerprint density at radius 1 is 1.05 bits per heavy atom. The van der Waals surface area contributed by atoms with Gasteiger partial charge in [-0.3, -0.25) is 0 Å². The minimum atomic E-state index is 0.0527. The third-order valence-corrected chi connectivity index (χ3v) is 3.68. The molecule has 2 heteroatoms. The SMILES string of the molecule is [CH2+]C(C)c1cc(Cc2c(C)cc(O)cc2C)ccc1O. The molecule has 2 aromatic rings. The average Bonchev–Trinajstić information content (AvgIpc) is 2.35. The van der Waals surface area contributed by atoms with E-state index >= 15 is 0 Å².